The zero-order valence-corrected chi connectivity index (χ0v) is 10.3. The van der Waals surface area contributed by atoms with Crippen LogP contribution in [-0.4, -0.2) is 22.6 Å². The Kier molecular flexibility index (Phi) is 2.77. The summed E-state index contributed by atoms with van der Waals surface area (Å²) in [6, 6.07) is 6.07. The van der Waals surface area contributed by atoms with E-state index in [2.05, 4.69) is 16.0 Å². The first kappa shape index (κ1) is 10.7. The molecule has 1 aromatic carbocycles. The topological polar surface area (TPSA) is 21.1 Å². The van der Waals surface area contributed by atoms with Crippen LogP contribution < -0.4 is 4.90 Å². The molecule has 2 heterocycles. The second-order valence-corrected chi connectivity index (χ2v) is 4.68. The second-order valence-electron chi connectivity index (χ2n) is 4.27. The van der Waals surface area contributed by atoms with E-state index in [1.165, 1.54) is 18.5 Å². The molecule has 3 nitrogen and oxygen atoms in total. The van der Waals surface area contributed by atoms with E-state index in [0.29, 0.717) is 0 Å². The van der Waals surface area contributed by atoms with Crippen LogP contribution in [0.1, 0.15) is 12.8 Å². The van der Waals surface area contributed by atoms with Gasteiger partial charge in [-0.05, 0) is 25.0 Å². The van der Waals surface area contributed by atoms with Crippen LogP contribution in [0.15, 0.2) is 36.9 Å². The van der Waals surface area contributed by atoms with Crippen LogP contribution in [0.25, 0.3) is 5.69 Å². The van der Waals surface area contributed by atoms with Gasteiger partial charge in [-0.25, -0.2) is 4.98 Å². The fourth-order valence-electron chi connectivity index (χ4n) is 2.36. The summed E-state index contributed by atoms with van der Waals surface area (Å²) < 4.78 is 1.98. The lowest BCUT2D eigenvalue weighted by Gasteiger charge is -2.22. The maximum absolute atomic E-state index is 6.32. The number of hydrogen-bond donors (Lipinski definition) is 0. The first-order valence-corrected chi connectivity index (χ1v) is 6.26. The summed E-state index contributed by atoms with van der Waals surface area (Å²) in [6.45, 7) is 2.23. The van der Waals surface area contributed by atoms with Crippen LogP contribution in [0.5, 0.6) is 0 Å². The van der Waals surface area contributed by atoms with Gasteiger partial charge in [0.15, 0.2) is 0 Å². The zero-order valence-electron chi connectivity index (χ0n) is 9.51. The third-order valence-corrected chi connectivity index (χ3v) is 3.48. The number of aromatic nitrogens is 2. The van der Waals surface area contributed by atoms with Crippen molar-refractivity contribution in [2.45, 2.75) is 12.8 Å². The van der Waals surface area contributed by atoms with Crippen LogP contribution in [0, 0.1) is 0 Å². The highest BCUT2D eigenvalue weighted by Gasteiger charge is 2.18. The number of halogens is 1. The van der Waals surface area contributed by atoms with Crippen molar-refractivity contribution < 1.29 is 0 Å². The van der Waals surface area contributed by atoms with Crippen LogP contribution in [-0.2, 0) is 0 Å². The normalized spacial score (nSPS) is 15.5. The van der Waals surface area contributed by atoms with Gasteiger partial charge in [0.25, 0.3) is 0 Å². The molecule has 1 aliphatic rings. The minimum absolute atomic E-state index is 0.771. The number of rotatable bonds is 2. The van der Waals surface area contributed by atoms with Crippen LogP contribution >= 0.6 is 11.6 Å². The quantitative estimate of drug-likeness (QED) is 0.813. The monoisotopic (exact) mass is 247 g/mol. The molecule has 2 aromatic rings. The molecule has 4 heteroatoms. The maximum Gasteiger partial charge on any atom is 0.0992 e. The summed E-state index contributed by atoms with van der Waals surface area (Å²) in [4.78, 5) is 6.48. The molecule has 0 bridgehead atoms. The Hall–Kier alpha value is -1.48. The maximum atomic E-state index is 6.32. The summed E-state index contributed by atoms with van der Waals surface area (Å²) in [7, 11) is 0. The van der Waals surface area contributed by atoms with Gasteiger partial charge in [-0.2, -0.15) is 0 Å². The van der Waals surface area contributed by atoms with Gasteiger partial charge in [0.1, 0.15) is 0 Å². The van der Waals surface area contributed by atoms with Gasteiger partial charge in [0.2, 0.25) is 0 Å². The van der Waals surface area contributed by atoms with E-state index >= 15 is 0 Å². The largest absolute Gasteiger partial charge is 0.370 e. The molecule has 0 saturated carbocycles. The predicted molar refractivity (Wildman–Crippen MR) is 70.0 cm³/mol. The molecule has 1 fully saturated rings. The summed E-state index contributed by atoms with van der Waals surface area (Å²) >= 11 is 6.32. The lowest BCUT2D eigenvalue weighted by Crippen LogP contribution is -2.19. The SMILES string of the molecule is Clc1cccc(N2CCCC2)c1-n1ccnc1. The molecule has 3 rings (SSSR count). The van der Waals surface area contributed by atoms with Crippen molar-refractivity contribution in [2.24, 2.45) is 0 Å². The third kappa shape index (κ3) is 1.91. The van der Waals surface area contributed by atoms with Crippen molar-refractivity contribution in [3.63, 3.8) is 0 Å². The van der Waals surface area contributed by atoms with E-state index in [9.17, 15) is 0 Å². The molecule has 0 amide bonds. The van der Waals surface area contributed by atoms with Crippen molar-refractivity contribution in [1.29, 1.82) is 0 Å². The van der Waals surface area contributed by atoms with Gasteiger partial charge in [0, 0.05) is 25.5 Å². The molecule has 1 aromatic heterocycles. The lowest BCUT2D eigenvalue weighted by atomic mass is 10.2. The Morgan fingerprint density at radius 3 is 2.71 bits per heavy atom. The number of hydrogen-bond acceptors (Lipinski definition) is 2. The third-order valence-electron chi connectivity index (χ3n) is 3.17. The van der Waals surface area contributed by atoms with Gasteiger partial charge < -0.3 is 9.47 Å². The minimum atomic E-state index is 0.771. The number of para-hydroxylation sites is 1. The summed E-state index contributed by atoms with van der Waals surface area (Å²) in [5.74, 6) is 0. The van der Waals surface area contributed by atoms with Crippen molar-refractivity contribution in [2.75, 3.05) is 18.0 Å². The summed E-state index contributed by atoms with van der Waals surface area (Å²) in [5, 5.41) is 0.771. The molecule has 0 aliphatic carbocycles. The average molecular weight is 248 g/mol. The second kappa shape index (κ2) is 4.41. The van der Waals surface area contributed by atoms with E-state index in [0.717, 1.165) is 23.8 Å². The number of anilines is 1. The Morgan fingerprint density at radius 1 is 1.18 bits per heavy atom. The first-order chi connectivity index (χ1) is 8.36. The standard InChI is InChI=1S/C13H14ClN3/c14-11-4-3-5-12(16-7-1-2-8-16)13(11)17-9-6-15-10-17/h3-6,9-10H,1-2,7-8H2. The fourth-order valence-corrected chi connectivity index (χ4v) is 2.63. The minimum Gasteiger partial charge on any atom is -0.370 e. The van der Waals surface area contributed by atoms with Crippen LogP contribution in [0.3, 0.4) is 0 Å². The molecule has 0 radical (unpaired) electrons. The molecule has 1 saturated heterocycles. The van der Waals surface area contributed by atoms with E-state index in [1.54, 1.807) is 12.5 Å². The van der Waals surface area contributed by atoms with Crippen molar-refractivity contribution >= 4 is 17.3 Å². The summed E-state index contributed by atoms with van der Waals surface area (Å²) in [5.41, 5.74) is 2.24. The highest BCUT2D eigenvalue weighted by atomic mass is 35.5. The zero-order chi connectivity index (χ0) is 11.7. The van der Waals surface area contributed by atoms with Gasteiger partial charge >= 0.3 is 0 Å². The van der Waals surface area contributed by atoms with Gasteiger partial charge in [-0.1, -0.05) is 17.7 Å². The lowest BCUT2D eigenvalue weighted by molar-refractivity contribution is 0.944. The molecular formula is C13H14ClN3. The highest BCUT2D eigenvalue weighted by Crippen LogP contribution is 2.32. The molecule has 88 valence electrons. The average Bonchev–Trinajstić information content (AvgIpc) is 3.02. The predicted octanol–water partition coefficient (Wildman–Crippen LogP) is 3.13. The van der Waals surface area contributed by atoms with Crippen LogP contribution in [0.2, 0.25) is 5.02 Å². The molecular weight excluding hydrogens is 234 g/mol. The molecule has 0 unspecified atom stereocenters. The molecule has 0 N–H and O–H groups in total. The van der Waals surface area contributed by atoms with Crippen molar-refractivity contribution in [1.82, 2.24) is 9.55 Å². The number of benzene rings is 1. The smallest absolute Gasteiger partial charge is 0.0992 e. The fraction of sp³-hybridized carbons (Fsp3) is 0.308. The van der Waals surface area contributed by atoms with Crippen molar-refractivity contribution in [3.05, 3.63) is 41.9 Å². The Morgan fingerprint density at radius 2 is 2.00 bits per heavy atom. The van der Waals surface area contributed by atoms with Crippen molar-refractivity contribution in [3.8, 4) is 5.69 Å². The van der Waals surface area contributed by atoms with Gasteiger partial charge in [0.05, 0.1) is 22.7 Å². The Labute approximate surface area is 106 Å². The highest BCUT2D eigenvalue weighted by molar-refractivity contribution is 6.33. The van der Waals surface area contributed by atoms with E-state index in [4.69, 9.17) is 11.6 Å². The first-order valence-electron chi connectivity index (χ1n) is 5.88. The molecule has 0 spiro atoms. The number of imidazole rings is 1. The van der Waals surface area contributed by atoms with E-state index in [1.807, 2.05) is 22.9 Å². The molecule has 1 aliphatic heterocycles. The van der Waals surface area contributed by atoms with E-state index < -0.39 is 0 Å². The van der Waals surface area contributed by atoms with Gasteiger partial charge in [-0.3, -0.25) is 0 Å². The number of nitrogens with zero attached hydrogens (tertiary/aromatic N) is 3. The molecule has 0 atom stereocenters. The Balaban J connectivity index is 2.11. The van der Waals surface area contributed by atoms with Crippen LogP contribution in [0.4, 0.5) is 5.69 Å². The van der Waals surface area contributed by atoms with E-state index in [-0.39, 0.29) is 0 Å². The summed E-state index contributed by atoms with van der Waals surface area (Å²) in [6.07, 6.45) is 8.02. The molecule has 17 heavy (non-hydrogen) atoms. The van der Waals surface area contributed by atoms with Gasteiger partial charge in [-0.15, -0.1) is 0 Å². The Bertz CT molecular complexity index is 501.